The van der Waals surface area contributed by atoms with E-state index in [1.165, 1.54) is 12.1 Å². The number of benzene rings is 1. The molecule has 3 heterocycles. The molecule has 0 saturated carbocycles. The van der Waals surface area contributed by atoms with Gasteiger partial charge in [-0.15, -0.1) is 0 Å². The second kappa shape index (κ2) is 9.23. The highest BCUT2D eigenvalue weighted by Crippen LogP contribution is 2.16. The molecule has 166 valence electrons. The lowest BCUT2D eigenvalue weighted by Gasteiger charge is -2.07. The predicted molar refractivity (Wildman–Crippen MR) is 119 cm³/mol. The third kappa shape index (κ3) is 5.52. The largest absolute Gasteiger partial charge is 0.494 e. The lowest BCUT2D eigenvalue weighted by molar-refractivity contribution is -0.116. The summed E-state index contributed by atoms with van der Waals surface area (Å²) in [5.41, 5.74) is 2.37. The van der Waals surface area contributed by atoms with E-state index in [1.54, 1.807) is 29.2 Å². The van der Waals surface area contributed by atoms with Gasteiger partial charge in [0.15, 0.2) is 9.84 Å². The number of aromatic nitrogens is 4. The average molecular weight is 454 g/mol. The molecule has 0 aliphatic heterocycles. The zero-order valence-electron chi connectivity index (χ0n) is 17.5. The number of ether oxygens (including phenoxy) is 1. The van der Waals surface area contributed by atoms with Crippen molar-refractivity contribution in [2.45, 2.75) is 24.3 Å². The number of amides is 1. The average Bonchev–Trinajstić information content (AvgIpc) is 3.37. The van der Waals surface area contributed by atoms with Crippen LogP contribution in [0.5, 0.6) is 5.75 Å². The summed E-state index contributed by atoms with van der Waals surface area (Å²) in [7, 11) is -3.23. The van der Waals surface area contributed by atoms with E-state index in [9.17, 15) is 13.2 Å². The van der Waals surface area contributed by atoms with Crippen LogP contribution >= 0.6 is 0 Å². The standard InChI is InChI=1S/C22H23N5O4S/c1-32(29,30)20-9-7-19(8-10-20)31-12-4-6-22(28)25-17-13-23-27(15-17)16-18-14-26-11-3-2-5-21(26)24-18/h2-3,5,7-11,13-15H,4,6,12,16H2,1H3,(H,25,28). The van der Waals surface area contributed by atoms with Crippen molar-refractivity contribution in [1.29, 1.82) is 0 Å². The molecular formula is C22H23N5O4S. The number of rotatable bonds is 9. The molecule has 32 heavy (non-hydrogen) atoms. The summed E-state index contributed by atoms with van der Waals surface area (Å²) in [5.74, 6) is 0.430. The van der Waals surface area contributed by atoms with Gasteiger partial charge in [-0.25, -0.2) is 13.4 Å². The molecule has 1 amide bonds. The van der Waals surface area contributed by atoms with Crippen molar-refractivity contribution in [2.75, 3.05) is 18.2 Å². The molecule has 3 aromatic heterocycles. The van der Waals surface area contributed by atoms with E-state index < -0.39 is 9.84 Å². The van der Waals surface area contributed by atoms with E-state index in [0.29, 0.717) is 37.4 Å². The molecular weight excluding hydrogens is 430 g/mol. The summed E-state index contributed by atoms with van der Waals surface area (Å²) in [6.45, 7) is 0.850. The highest BCUT2D eigenvalue weighted by atomic mass is 32.2. The minimum Gasteiger partial charge on any atom is -0.494 e. The molecule has 0 aliphatic rings. The SMILES string of the molecule is CS(=O)(=O)c1ccc(OCCCC(=O)Nc2cnn(Cc3cn4ccccc4n3)c2)cc1. The number of nitrogens with one attached hydrogen (secondary N) is 1. The Bertz CT molecular complexity index is 1290. The number of pyridine rings is 1. The topological polar surface area (TPSA) is 108 Å². The van der Waals surface area contributed by atoms with Gasteiger partial charge in [-0.1, -0.05) is 6.07 Å². The molecule has 0 aliphatic carbocycles. The Kier molecular flexibility index (Phi) is 6.22. The summed E-state index contributed by atoms with van der Waals surface area (Å²) in [6.07, 6.45) is 9.23. The highest BCUT2D eigenvalue weighted by molar-refractivity contribution is 7.90. The van der Waals surface area contributed by atoms with Crippen molar-refractivity contribution in [2.24, 2.45) is 0 Å². The van der Waals surface area contributed by atoms with Gasteiger partial charge in [-0.3, -0.25) is 9.48 Å². The number of hydrogen-bond acceptors (Lipinski definition) is 6. The Balaban J connectivity index is 1.21. The van der Waals surface area contributed by atoms with Crippen LogP contribution in [0.3, 0.4) is 0 Å². The molecule has 0 fully saturated rings. The molecule has 0 spiro atoms. The number of nitrogens with zero attached hydrogens (tertiary/aromatic N) is 4. The number of anilines is 1. The van der Waals surface area contributed by atoms with Crippen LogP contribution in [0.1, 0.15) is 18.5 Å². The number of carbonyl (C=O) groups is 1. The second-order valence-electron chi connectivity index (χ2n) is 7.37. The van der Waals surface area contributed by atoms with Crippen LogP contribution in [0.2, 0.25) is 0 Å². The smallest absolute Gasteiger partial charge is 0.224 e. The summed E-state index contributed by atoms with van der Waals surface area (Å²) >= 11 is 0. The molecule has 0 saturated heterocycles. The highest BCUT2D eigenvalue weighted by Gasteiger charge is 2.08. The Morgan fingerprint density at radius 3 is 2.69 bits per heavy atom. The van der Waals surface area contributed by atoms with Crippen LogP contribution in [-0.2, 0) is 21.2 Å². The quantitative estimate of drug-likeness (QED) is 0.391. The minimum absolute atomic E-state index is 0.131. The number of imidazole rings is 1. The van der Waals surface area contributed by atoms with Gasteiger partial charge in [0.2, 0.25) is 5.91 Å². The van der Waals surface area contributed by atoms with Gasteiger partial charge in [-0.2, -0.15) is 5.10 Å². The molecule has 9 nitrogen and oxygen atoms in total. The summed E-state index contributed by atoms with van der Waals surface area (Å²) in [6, 6.07) is 12.0. The Labute approximate surface area is 185 Å². The van der Waals surface area contributed by atoms with E-state index in [1.807, 2.05) is 35.0 Å². The summed E-state index contributed by atoms with van der Waals surface area (Å²) in [5, 5.41) is 7.11. The fourth-order valence-corrected chi connectivity index (χ4v) is 3.80. The monoisotopic (exact) mass is 453 g/mol. The Morgan fingerprint density at radius 2 is 1.94 bits per heavy atom. The van der Waals surface area contributed by atoms with Crippen LogP contribution in [0.15, 0.2) is 72.1 Å². The molecule has 0 radical (unpaired) electrons. The van der Waals surface area contributed by atoms with E-state index >= 15 is 0 Å². The zero-order valence-corrected chi connectivity index (χ0v) is 18.3. The first-order chi connectivity index (χ1) is 15.4. The molecule has 4 rings (SSSR count). The van der Waals surface area contributed by atoms with Crippen LogP contribution in [-0.4, -0.2) is 46.4 Å². The summed E-state index contributed by atoms with van der Waals surface area (Å²) in [4.78, 5) is 17.0. The second-order valence-corrected chi connectivity index (χ2v) is 9.38. The van der Waals surface area contributed by atoms with Gasteiger partial charge < -0.3 is 14.5 Å². The maximum absolute atomic E-state index is 12.2. The van der Waals surface area contributed by atoms with Gasteiger partial charge in [0.25, 0.3) is 0 Å². The molecule has 0 atom stereocenters. The number of fused-ring (bicyclic) bond motifs is 1. The maximum Gasteiger partial charge on any atom is 0.224 e. The molecule has 1 N–H and O–H groups in total. The minimum atomic E-state index is -3.23. The van der Waals surface area contributed by atoms with Crippen LogP contribution in [0, 0.1) is 0 Å². The third-order valence-electron chi connectivity index (χ3n) is 4.72. The van der Waals surface area contributed by atoms with Crippen molar-refractivity contribution >= 4 is 27.1 Å². The first-order valence-electron chi connectivity index (χ1n) is 10.0. The first-order valence-corrected chi connectivity index (χ1v) is 11.9. The van der Waals surface area contributed by atoms with Crippen molar-refractivity contribution in [1.82, 2.24) is 19.2 Å². The van der Waals surface area contributed by atoms with E-state index in [-0.39, 0.29) is 10.8 Å². The number of carbonyl (C=O) groups excluding carboxylic acids is 1. The van der Waals surface area contributed by atoms with E-state index in [0.717, 1.165) is 17.6 Å². The Morgan fingerprint density at radius 1 is 1.12 bits per heavy atom. The van der Waals surface area contributed by atoms with Crippen molar-refractivity contribution < 1.29 is 17.9 Å². The normalized spacial score (nSPS) is 11.5. The molecule has 10 heteroatoms. The molecule has 4 aromatic rings. The lowest BCUT2D eigenvalue weighted by atomic mass is 10.3. The van der Waals surface area contributed by atoms with Crippen LogP contribution in [0.25, 0.3) is 5.65 Å². The van der Waals surface area contributed by atoms with Gasteiger partial charge in [0.1, 0.15) is 11.4 Å². The predicted octanol–water partition coefficient (Wildman–Crippen LogP) is 2.78. The Hall–Kier alpha value is -3.66. The van der Waals surface area contributed by atoms with Gasteiger partial charge >= 0.3 is 0 Å². The lowest BCUT2D eigenvalue weighted by Crippen LogP contribution is -2.12. The van der Waals surface area contributed by atoms with Crippen molar-refractivity contribution in [3.63, 3.8) is 0 Å². The fourth-order valence-electron chi connectivity index (χ4n) is 3.17. The fraction of sp³-hybridized carbons (Fsp3) is 0.227. The number of sulfone groups is 1. The van der Waals surface area contributed by atoms with E-state index in [4.69, 9.17) is 4.74 Å². The van der Waals surface area contributed by atoms with Crippen LogP contribution < -0.4 is 10.1 Å². The first kappa shape index (κ1) is 21.6. The molecule has 0 unspecified atom stereocenters. The van der Waals surface area contributed by atoms with Gasteiger partial charge in [-0.05, 0) is 42.8 Å². The third-order valence-corrected chi connectivity index (χ3v) is 5.85. The maximum atomic E-state index is 12.2. The van der Waals surface area contributed by atoms with Gasteiger partial charge in [0, 0.05) is 31.3 Å². The van der Waals surface area contributed by atoms with Crippen molar-refractivity contribution in [3.8, 4) is 5.75 Å². The van der Waals surface area contributed by atoms with Crippen molar-refractivity contribution in [3.05, 3.63) is 72.9 Å². The zero-order chi connectivity index (χ0) is 22.6. The molecule has 0 bridgehead atoms. The number of hydrogen-bond donors (Lipinski definition) is 1. The molecule has 1 aromatic carbocycles. The van der Waals surface area contributed by atoms with Crippen LogP contribution in [0.4, 0.5) is 5.69 Å². The summed E-state index contributed by atoms with van der Waals surface area (Å²) < 4.78 is 32.2. The van der Waals surface area contributed by atoms with Gasteiger partial charge in [0.05, 0.1) is 35.6 Å². The van der Waals surface area contributed by atoms with E-state index in [2.05, 4.69) is 15.4 Å².